The van der Waals surface area contributed by atoms with E-state index in [-0.39, 0.29) is 5.91 Å². The van der Waals surface area contributed by atoms with Crippen molar-refractivity contribution in [2.75, 3.05) is 11.5 Å². The van der Waals surface area contributed by atoms with Crippen LogP contribution < -0.4 is 5.32 Å². The molecule has 1 aliphatic heterocycles. The van der Waals surface area contributed by atoms with Crippen molar-refractivity contribution in [1.29, 1.82) is 0 Å². The number of amides is 1. The summed E-state index contributed by atoms with van der Waals surface area (Å²) in [6.45, 7) is 2.00. The lowest BCUT2D eigenvalue weighted by atomic mass is 10.1. The molecule has 2 rings (SSSR count). The first-order valence-corrected chi connectivity index (χ1v) is 7.77. The maximum atomic E-state index is 12.1. The standard InChI is InChI=1S/C13H16BrNOS/c1-9-3-2-4-11(12(9)14)13(16)15-10-5-7-17-8-6-10/h2-4,10H,5-8H2,1H3,(H,15,16). The van der Waals surface area contributed by atoms with E-state index in [1.165, 1.54) is 0 Å². The zero-order chi connectivity index (χ0) is 12.3. The van der Waals surface area contributed by atoms with Gasteiger partial charge in [-0.15, -0.1) is 0 Å². The Kier molecular flexibility index (Phi) is 4.51. The topological polar surface area (TPSA) is 29.1 Å². The Balaban J connectivity index is 2.06. The average Bonchev–Trinajstić information content (AvgIpc) is 2.34. The monoisotopic (exact) mass is 313 g/mol. The molecule has 0 aromatic heterocycles. The van der Waals surface area contributed by atoms with Gasteiger partial charge in [-0.3, -0.25) is 4.79 Å². The van der Waals surface area contributed by atoms with Gasteiger partial charge in [0.15, 0.2) is 0 Å². The lowest BCUT2D eigenvalue weighted by molar-refractivity contribution is 0.0934. The zero-order valence-corrected chi connectivity index (χ0v) is 12.2. The number of hydrogen-bond acceptors (Lipinski definition) is 2. The molecular weight excluding hydrogens is 298 g/mol. The van der Waals surface area contributed by atoms with Gasteiger partial charge in [-0.05, 0) is 58.8 Å². The first kappa shape index (κ1) is 13.0. The molecule has 0 spiro atoms. The third-order valence-electron chi connectivity index (χ3n) is 2.99. The van der Waals surface area contributed by atoms with E-state index in [4.69, 9.17) is 0 Å². The third kappa shape index (κ3) is 3.26. The number of aryl methyl sites for hydroxylation is 1. The summed E-state index contributed by atoms with van der Waals surface area (Å²) in [6.07, 6.45) is 2.17. The molecule has 0 atom stereocenters. The molecule has 0 radical (unpaired) electrons. The van der Waals surface area contributed by atoms with Crippen LogP contribution in [0.4, 0.5) is 0 Å². The Labute approximate surface area is 115 Å². The van der Waals surface area contributed by atoms with Gasteiger partial charge in [-0.2, -0.15) is 11.8 Å². The molecule has 92 valence electrons. The van der Waals surface area contributed by atoms with Gasteiger partial charge in [0.2, 0.25) is 0 Å². The van der Waals surface area contributed by atoms with E-state index in [2.05, 4.69) is 21.2 Å². The van der Waals surface area contributed by atoms with Crippen molar-refractivity contribution >= 4 is 33.6 Å². The Morgan fingerprint density at radius 3 is 2.82 bits per heavy atom. The highest BCUT2D eigenvalue weighted by atomic mass is 79.9. The number of benzene rings is 1. The van der Waals surface area contributed by atoms with Crippen molar-refractivity contribution in [3.63, 3.8) is 0 Å². The van der Waals surface area contributed by atoms with Crippen LogP contribution in [-0.2, 0) is 0 Å². The predicted molar refractivity (Wildman–Crippen MR) is 76.7 cm³/mol. The summed E-state index contributed by atoms with van der Waals surface area (Å²) < 4.78 is 0.905. The molecule has 0 bridgehead atoms. The van der Waals surface area contributed by atoms with Gasteiger partial charge in [0.1, 0.15) is 0 Å². The van der Waals surface area contributed by atoms with Crippen LogP contribution in [0.5, 0.6) is 0 Å². The minimum Gasteiger partial charge on any atom is -0.349 e. The first-order valence-electron chi connectivity index (χ1n) is 5.82. The van der Waals surface area contributed by atoms with Crippen LogP contribution in [0.15, 0.2) is 22.7 Å². The summed E-state index contributed by atoms with van der Waals surface area (Å²) in [5.74, 6) is 2.34. The predicted octanol–water partition coefficient (Wildman–Crippen LogP) is 3.38. The minimum absolute atomic E-state index is 0.0393. The van der Waals surface area contributed by atoms with E-state index in [0.717, 1.165) is 39.9 Å². The summed E-state index contributed by atoms with van der Waals surface area (Å²) in [6, 6.07) is 6.13. The minimum atomic E-state index is 0.0393. The largest absolute Gasteiger partial charge is 0.349 e. The SMILES string of the molecule is Cc1cccc(C(=O)NC2CCSCC2)c1Br. The van der Waals surface area contributed by atoms with Gasteiger partial charge < -0.3 is 5.32 Å². The van der Waals surface area contributed by atoms with Crippen LogP contribution in [0.25, 0.3) is 0 Å². The molecule has 0 unspecified atom stereocenters. The van der Waals surface area contributed by atoms with E-state index < -0.39 is 0 Å². The highest BCUT2D eigenvalue weighted by Gasteiger charge is 2.18. The van der Waals surface area contributed by atoms with Crippen molar-refractivity contribution < 1.29 is 4.79 Å². The zero-order valence-electron chi connectivity index (χ0n) is 9.83. The summed E-state index contributed by atoms with van der Waals surface area (Å²) >= 11 is 5.45. The summed E-state index contributed by atoms with van der Waals surface area (Å²) in [7, 11) is 0. The smallest absolute Gasteiger partial charge is 0.252 e. The van der Waals surface area contributed by atoms with Crippen molar-refractivity contribution in [3.05, 3.63) is 33.8 Å². The van der Waals surface area contributed by atoms with Crippen LogP contribution in [0.3, 0.4) is 0 Å². The number of carbonyl (C=O) groups is 1. The first-order chi connectivity index (χ1) is 8.18. The van der Waals surface area contributed by atoms with Gasteiger partial charge in [-0.1, -0.05) is 12.1 Å². The van der Waals surface area contributed by atoms with Crippen LogP contribution in [0.2, 0.25) is 0 Å². The molecule has 0 saturated carbocycles. The molecule has 1 aromatic rings. The molecule has 1 amide bonds. The van der Waals surface area contributed by atoms with Crippen molar-refractivity contribution in [2.45, 2.75) is 25.8 Å². The maximum Gasteiger partial charge on any atom is 0.252 e. The number of nitrogens with one attached hydrogen (secondary N) is 1. The Bertz CT molecular complexity index is 416. The Hall–Kier alpha value is -0.480. The number of carbonyl (C=O) groups excluding carboxylic acids is 1. The van der Waals surface area contributed by atoms with Crippen molar-refractivity contribution in [3.8, 4) is 0 Å². The van der Waals surface area contributed by atoms with Crippen LogP contribution in [0, 0.1) is 6.92 Å². The molecule has 1 aromatic carbocycles. The third-order valence-corrected chi connectivity index (χ3v) is 5.09. The molecule has 1 fully saturated rings. The van der Waals surface area contributed by atoms with E-state index in [0.29, 0.717) is 6.04 Å². The molecular formula is C13H16BrNOS. The average molecular weight is 314 g/mol. The quantitative estimate of drug-likeness (QED) is 0.907. The lowest BCUT2D eigenvalue weighted by Crippen LogP contribution is -2.37. The summed E-state index contributed by atoms with van der Waals surface area (Å²) in [4.78, 5) is 12.1. The molecule has 1 aliphatic rings. The summed E-state index contributed by atoms with van der Waals surface area (Å²) in [5.41, 5.74) is 1.83. The maximum absolute atomic E-state index is 12.1. The normalized spacial score (nSPS) is 16.8. The number of rotatable bonds is 2. The van der Waals surface area contributed by atoms with E-state index >= 15 is 0 Å². The fraction of sp³-hybridized carbons (Fsp3) is 0.462. The van der Waals surface area contributed by atoms with Gasteiger partial charge in [0, 0.05) is 10.5 Å². The van der Waals surface area contributed by atoms with Gasteiger partial charge in [-0.25, -0.2) is 0 Å². The van der Waals surface area contributed by atoms with Crippen LogP contribution >= 0.6 is 27.7 Å². The fourth-order valence-corrected chi connectivity index (χ4v) is 3.48. The van der Waals surface area contributed by atoms with Crippen LogP contribution in [-0.4, -0.2) is 23.5 Å². The highest BCUT2D eigenvalue weighted by Crippen LogP contribution is 2.22. The lowest BCUT2D eigenvalue weighted by Gasteiger charge is -2.22. The fourth-order valence-electron chi connectivity index (χ4n) is 1.93. The molecule has 1 N–H and O–H groups in total. The van der Waals surface area contributed by atoms with E-state index in [1.807, 2.05) is 36.9 Å². The highest BCUT2D eigenvalue weighted by molar-refractivity contribution is 9.10. The van der Waals surface area contributed by atoms with E-state index in [9.17, 15) is 4.79 Å². The summed E-state index contributed by atoms with van der Waals surface area (Å²) in [5, 5.41) is 3.12. The molecule has 0 aliphatic carbocycles. The number of hydrogen-bond donors (Lipinski definition) is 1. The second-order valence-corrected chi connectivity index (χ2v) is 6.31. The van der Waals surface area contributed by atoms with Gasteiger partial charge >= 0.3 is 0 Å². The Morgan fingerprint density at radius 2 is 2.12 bits per heavy atom. The second kappa shape index (κ2) is 5.91. The van der Waals surface area contributed by atoms with Crippen molar-refractivity contribution in [2.24, 2.45) is 0 Å². The van der Waals surface area contributed by atoms with E-state index in [1.54, 1.807) is 0 Å². The molecule has 1 heterocycles. The van der Waals surface area contributed by atoms with Crippen molar-refractivity contribution in [1.82, 2.24) is 5.32 Å². The molecule has 1 saturated heterocycles. The van der Waals surface area contributed by atoms with Gasteiger partial charge in [0.25, 0.3) is 5.91 Å². The molecule has 2 nitrogen and oxygen atoms in total. The van der Waals surface area contributed by atoms with Crippen LogP contribution in [0.1, 0.15) is 28.8 Å². The number of halogens is 1. The number of thioether (sulfide) groups is 1. The van der Waals surface area contributed by atoms with Gasteiger partial charge in [0.05, 0.1) is 5.56 Å². The molecule has 4 heteroatoms. The Morgan fingerprint density at radius 1 is 1.41 bits per heavy atom. The second-order valence-electron chi connectivity index (χ2n) is 4.30. The molecule has 17 heavy (non-hydrogen) atoms.